The predicted octanol–water partition coefficient (Wildman–Crippen LogP) is -0.756. The third-order valence-electron chi connectivity index (χ3n) is 3.42. The van der Waals surface area contributed by atoms with Crippen LogP contribution >= 0.6 is 0 Å². The van der Waals surface area contributed by atoms with Crippen LogP contribution < -0.4 is 0 Å². The molecule has 70 valence electrons. The fraction of sp³-hybridized carbons (Fsp3) is 1.00. The molecule has 2 bridgehead atoms. The van der Waals surface area contributed by atoms with Crippen molar-refractivity contribution in [3.63, 3.8) is 0 Å². The van der Waals surface area contributed by atoms with Crippen LogP contribution in [0, 0.1) is 0 Å². The van der Waals surface area contributed by atoms with E-state index in [1.807, 2.05) is 0 Å². The summed E-state index contributed by atoms with van der Waals surface area (Å²) >= 11 is 0. The van der Waals surface area contributed by atoms with Gasteiger partial charge in [-0.3, -0.25) is 4.90 Å². The summed E-state index contributed by atoms with van der Waals surface area (Å²) in [6.45, 7) is 0. The van der Waals surface area contributed by atoms with Crippen LogP contribution in [0.4, 0.5) is 0 Å². The number of likely N-dealkylation sites (N-methyl/N-ethyl adjacent to an activating group) is 1. The first-order chi connectivity index (χ1) is 5.47. The molecule has 2 saturated heterocycles. The summed E-state index contributed by atoms with van der Waals surface area (Å²) in [5, 5.41) is 29.1. The molecule has 2 rings (SSSR count). The lowest BCUT2D eigenvalue weighted by Gasteiger charge is -2.46. The largest absolute Gasteiger partial charge is 0.370 e. The van der Waals surface area contributed by atoms with Gasteiger partial charge in [-0.2, -0.15) is 0 Å². The molecule has 0 aliphatic carbocycles. The van der Waals surface area contributed by atoms with Gasteiger partial charge in [-0.05, 0) is 26.3 Å². The number of rotatable bonds is 0. The van der Waals surface area contributed by atoms with Gasteiger partial charge < -0.3 is 15.3 Å². The van der Waals surface area contributed by atoms with Gasteiger partial charge in [0.1, 0.15) is 0 Å². The van der Waals surface area contributed by atoms with Gasteiger partial charge in [0.15, 0.2) is 5.72 Å². The standard InChI is InChI=1S/C8H15NO3/c1-9-6-2-4-7(9,10)8(11,12)5-3-6/h6,10-12H,2-5H2,1H3/t6-,7-/m0/s1. The van der Waals surface area contributed by atoms with Crippen LogP contribution in [0.25, 0.3) is 0 Å². The molecule has 0 saturated carbocycles. The van der Waals surface area contributed by atoms with Crippen molar-refractivity contribution in [2.45, 2.75) is 43.2 Å². The van der Waals surface area contributed by atoms with Crippen LogP contribution in [0.5, 0.6) is 0 Å². The lowest BCUT2D eigenvalue weighted by molar-refractivity contribution is -0.331. The molecule has 2 heterocycles. The molecule has 0 spiro atoms. The summed E-state index contributed by atoms with van der Waals surface area (Å²) in [7, 11) is 1.75. The van der Waals surface area contributed by atoms with Crippen LogP contribution in [0.1, 0.15) is 25.7 Å². The van der Waals surface area contributed by atoms with Crippen molar-refractivity contribution in [2.75, 3.05) is 7.05 Å². The average Bonchev–Trinajstić information content (AvgIpc) is 2.20. The number of fused-ring (bicyclic) bond motifs is 2. The molecule has 2 fully saturated rings. The van der Waals surface area contributed by atoms with Crippen LogP contribution in [-0.2, 0) is 0 Å². The van der Waals surface area contributed by atoms with Gasteiger partial charge >= 0.3 is 0 Å². The van der Waals surface area contributed by atoms with Gasteiger partial charge in [-0.1, -0.05) is 0 Å². The smallest absolute Gasteiger partial charge is 0.206 e. The molecular formula is C8H15NO3. The Morgan fingerprint density at radius 1 is 1.17 bits per heavy atom. The van der Waals surface area contributed by atoms with Crippen molar-refractivity contribution in [3.05, 3.63) is 0 Å². The molecule has 0 aromatic carbocycles. The lowest BCUT2D eigenvalue weighted by atomic mass is 9.93. The Bertz CT molecular complexity index is 206. The molecule has 12 heavy (non-hydrogen) atoms. The van der Waals surface area contributed by atoms with E-state index in [1.165, 1.54) is 0 Å². The van der Waals surface area contributed by atoms with E-state index in [-0.39, 0.29) is 6.42 Å². The van der Waals surface area contributed by atoms with E-state index in [1.54, 1.807) is 11.9 Å². The Labute approximate surface area is 71.4 Å². The predicted molar refractivity (Wildman–Crippen MR) is 42.1 cm³/mol. The Kier molecular flexibility index (Phi) is 1.55. The minimum Gasteiger partial charge on any atom is -0.370 e. The maximum absolute atomic E-state index is 9.94. The molecular weight excluding hydrogens is 158 g/mol. The van der Waals surface area contributed by atoms with Crippen LogP contribution in [0.3, 0.4) is 0 Å². The molecule has 0 aromatic heterocycles. The fourth-order valence-electron chi connectivity index (χ4n) is 2.43. The van der Waals surface area contributed by atoms with E-state index >= 15 is 0 Å². The maximum Gasteiger partial charge on any atom is 0.206 e. The highest BCUT2D eigenvalue weighted by Crippen LogP contribution is 2.45. The third kappa shape index (κ3) is 0.808. The quantitative estimate of drug-likeness (QED) is 0.421. The van der Waals surface area contributed by atoms with Crippen LogP contribution in [0.15, 0.2) is 0 Å². The first kappa shape index (κ1) is 8.44. The zero-order valence-electron chi connectivity index (χ0n) is 7.19. The summed E-state index contributed by atoms with van der Waals surface area (Å²) in [5.41, 5.74) is -1.41. The van der Waals surface area contributed by atoms with Crippen LogP contribution in [0.2, 0.25) is 0 Å². The second kappa shape index (κ2) is 2.20. The molecule has 2 aliphatic heterocycles. The highest BCUT2D eigenvalue weighted by molar-refractivity contribution is 5.03. The summed E-state index contributed by atoms with van der Waals surface area (Å²) in [6.07, 6.45) is 2.35. The molecule has 0 unspecified atom stereocenters. The summed E-state index contributed by atoms with van der Waals surface area (Å²) < 4.78 is 0. The number of nitrogens with zero attached hydrogens (tertiary/aromatic N) is 1. The molecule has 0 radical (unpaired) electrons. The highest BCUT2D eigenvalue weighted by atomic mass is 16.5. The Hall–Kier alpha value is -0.160. The van der Waals surface area contributed by atoms with E-state index < -0.39 is 11.5 Å². The molecule has 4 heteroatoms. The Morgan fingerprint density at radius 2 is 1.75 bits per heavy atom. The van der Waals surface area contributed by atoms with Crippen molar-refractivity contribution in [2.24, 2.45) is 0 Å². The second-order valence-electron chi connectivity index (χ2n) is 3.98. The normalized spacial score (nSPS) is 46.5. The van der Waals surface area contributed by atoms with Gasteiger partial charge in [0.05, 0.1) is 0 Å². The van der Waals surface area contributed by atoms with Gasteiger partial charge in [-0.25, -0.2) is 0 Å². The minimum atomic E-state index is -1.92. The number of hydrogen-bond acceptors (Lipinski definition) is 4. The molecule has 2 atom stereocenters. The molecule has 0 aromatic rings. The molecule has 2 aliphatic rings. The average molecular weight is 173 g/mol. The van der Waals surface area contributed by atoms with Crippen molar-refractivity contribution in [1.29, 1.82) is 0 Å². The van der Waals surface area contributed by atoms with E-state index in [0.29, 0.717) is 12.5 Å². The molecule has 3 N–H and O–H groups in total. The SMILES string of the molecule is CN1[C@@H]2CCC(O)(O)[C@@]1(O)CC2. The summed E-state index contributed by atoms with van der Waals surface area (Å²) in [5.74, 6) is -1.92. The monoisotopic (exact) mass is 173 g/mol. The number of aliphatic hydroxyl groups is 3. The van der Waals surface area contributed by atoms with E-state index in [0.717, 1.165) is 12.8 Å². The molecule has 0 amide bonds. The first-order valence-electron chi connectivity index (χ1n) is 4.37. The van der Waals surface area contributed by atoms with Crippen molar-refractivity contribution in [1.82, 2.24) is 4.90 Å². The first-order valence-corrected chi connectivity index (χ1v) is 4.37. The van der Waals surface area contributed by atoms with Gasteiger partial charge in [0, 0.05) is 12.5 Å². The highest BCUT2D eigenvalue weighted by Gasteiger charge is 2.59. The second-order valence-corrected chi connectivity index (χ2v) is 3.98. The van der Waals surface area contributed by atoms with Crippen molar-refractivity contribution < 1.29 is 15.3 Å². The van der Waals surface area contributed by atoms with E-state index in [9.17, 15) is 15.3 Å². The van der Waals surface area contributed by atoms with Gasteiger partial charge in [-0.15, -0.1) is 0 Å². The van der Waals surface area contributed by atoms with Crippen molar-refractivity contribution >= 4 is 0 Å². The van der Waals surface area contributed by atoms with Crippen LogP contribution in [-0.4, -0.2) is 44.8 Å². The van der Waals surface area contributed by atoms with E-state index in [4.69, 9.17) is 0 Å². The summed E-state index contributed by atoms with van der Waals surface area (Å²) in [6, 6.07) is 0.322. The van der Waals surface area contributed by atoms with Gasteiger partial charge in [0.25, 0.3) is 0 Å². The topological polar surface area (TPSA) is 63.9 Å². The fourth-order valence-corrected chi connectivity index (χ4v) is 2.43. The zero-order valence-corrected chi connectivity index (χ0v) is 7.19. The molecule has 4 nitrogen and oxygen atoms in total. The van der Waals surface area contributed by atoms with Gasteiger partial charge in [0.2, 0.25) is 5.79 Å². The Morgan fingerprint density at radius 3 is 2.33 bits per heavy atom. The zero-order chi connectivity index (χ0) is 8.98. The third-order valence-corrected chi connectivity index (χ3v) is 3.42. The maximum atomic E-state index is 9.94. The van der Waals surface area contributed by atoms with E-state index in [2.05, 4.69) is 0 Å². The lowest BCUT2D eigenvalue weighted by Crippen LogP contribution is -2.64. The van der Waals surface area contributed by atoms with Crippen molar-refractivity contribution in [3.8, 4) is 0 Å². The number of piperidine rings is 1. The minimum absolute atomic E-state index is 0.276. The number of hydrogen-bond donors (Lipinski definition) is 3. The summed E-state index contributed by atoms with van der Waals surface area (Å²) in [4.78, 5) is 1.69. The Balaban J connectivity index is 2.34.